The first kappa shape index (κ1) is 30.4. The second-order valence-corrected chi connectivity index (χ2v) is 13.0. The van der Waals surface area contributed by atoms with Crippen molar-refractivity contribution in [3.05, 3.63) is 71.9 Å². The molecule has 0 fully saturated rings. The first-order chi connectivity index (χ1) is 19.7. The number of pyridine rings is 1. The second kappa shape index (κ2) is 11.8. The number of nitrogens with zero attached hydrogens (tertiary/aromatic N) is 2. The number of benzene rings is 3. The van der Waals surface area contributed by atoms with E-state index >= 15 is 0 Å². The molecule has 0 aliphatic carbocycles. The van der Waals surface area contributed by atoms with Gasteiger partial charge in [0, 0.05) is 36.6 Å². The van der Waals surface area contributed by atoms with Crippen LogP contribution in [0, 0.1) is 6.92 Å². The maximum atomic E-state index is 13.3. The maximum Gasteiger partial charge on any atom is 0.323 e. The Morgan fingerprint density at radius 2 is 1.55 bits per heavy atom. The third-order valence-corrected chi connectivity index (χ3v) is 7.20. The van der Waals surface area contributed by atoms with Gasteiger partial charge in [0.15, 0.2) is 5.75 Å². The van der Waals surface area contributed by atoms with E-state index < -0.39 is 16.1 Å². The average molecular weight is 592 g/mol. The lowest BCUT2D eigenvalue weighted by Crippen LogP contribution is -2.22. The summed E-state index contributed by atoms with van der Waals surface area (Å²) in [6.07, 6.45) is 2.77. The van der Waals surface area contributed by atoms with E-state index in [-0.39, 0.29) is 16.9 Å². The number of ether oxygens (including phenoxy) is 2. The van der Waals surface area contributed by atoms with Crippen molar-refractivity contribution in [2.75, 3.05) is 47.7 Å². The predicted molar refractivity (Wildman–Crippen MR) is 170 cm³/mol. The SMILES string of the molecule is COc1c(NC(=O)Nc2ccc(Oc3ccnc(N(C)C)c3C)c3ccccc23)cc(C(C)(C)C)cc1NS(C)(=O)=O. The summed E-state index contributed by atoms with van der Waals surface area (Å²) in [7, 11) is 1.67. The predicted octanol–water partition coefficient (Wildman–Crippen LogP) is 6.72. The monoisotopic (exact) mass is 591 g/mol. The zero-order chi connectivity index (χ0) is 30.8. The van der Waals surface area contributed by atoms with Crippen LogP contribution in [0.4, 0.5) is 27.7 Å². The number of aromatic nitrogens is 1. The van der Waals surface area contributed by atoms with Crippen molar-refractivity contribution < 1.29 is 22.7 Å². The van der Waals surface area contributed by atoms with Crippen molar-refractivity contribution in [1.29, 1.82) is 0 Å². The number of rotatable bonds is 8. The molecule has 42 heavy (non-hydrogen) atoms. The van der Waals surface area contributed by atoms with E-state index in [1.165, 1.54) is 7.11 Å². The Morgan fingerprint density at radius 1 is 0.905 bits per heavy atom. The van der Waals surface area contributed by atoms with Crippen LogP contribution in [-0.2, 0) is 15.4 Å². The number of fused-ring (bicyclic) bond motifs is 1. The highest BCUT2D eigenvalue weighted by atomic mass is 32.2. The third kappa shape index (κ3) is 6.85. The van der Waals surface area contributed by atoms with E-state index in [0.717, 1.165) is 34.0 Å². The van der Waals surface area contributed by atoms with Crippen molar-refractivity contribution in [3.63, 3.8) is 0 Å². The van der Waals surface area contributed by atoms with Crippen LogP contribution in [0.3, 0.4) is 0 Å². The van der Waals surface area contributed by atoms with E-state index in [2.05, 4.69) is 20.3 Å². The van der Waals surface area contributed by atoms with E-state index in [4.69, 9.17) is 9.47 Å². The third-order valence-electron chi connectivity index (χ3n) is 6.61. The van der Waals surface area contributed by atoms with E-state index in [0.29, 0.717) is 22.9 Å². The molecule has 0 aliphatic heterocycles. The van der Waals surface area contributed by atoms with Crippen LogP contribution in [0.15, 0.2) is 60.8 Å². The number of hydrogen-bond acceptors (Lipinski definition) is 7. The van der Waals surface area contributed by atoms with Gasteiger partial charge in [-0.05, 0) is 48.2 Å². The average Bonchev–Trinajstić information content (AvgIpc) is 2.89. The van der Waals surface area contributed by atoms with Gasteiger partial charge in [-0.25, -0.2) is 18.2 Å². The van der Waals surface area contributed by atoms with E-state index in [9.17, 15) is 13.2 Å². The summed E-state index contributed by atoms with van der Waals surface area (Å²) in [5, 5.41) is 7.35. The molecule has 3 N–H and O–H groups in total. The van der Waals surface area contributed by atoms with Crippen LogP contribution >= 0.6 is 0 Å². The summed E-state index contributed by atoms with van der Waals surface area (Å²) in [6.45, 7) is 7.94. The van der Waals surface area contributed by atoms with Crippen LogP contribution in [0.1, 0.15) is 31.9 Å². The summed E-state index contributed by atoms with van der Waals surface area (Å²) in [5.41, 5.74) is 2.50. The Bertz CT molecular complexity index is 1750. The number of amides is 2. The number of carbonyl (C=O) groups is 1. The van der Waals surface area contributed by atoms with Gasteiger partial charge >= 0.3 is 6.03 Å². The minimum atomic E-state index is -3.60. The molecule has 4 aromatic rings. The van der Waals surface area contributed by atoms with Gasteiger partial charge in [0.05, 0.1) is 30.4 Å². The minimum absolute atomic E-state index is 0.196. The number of urea groups is 1. The molecule has 0 spiro atoms. The first-order valence-electron chi connectivity index (χ1n) is 13.3. The number of anilines is 4. The Balaban J connectivity index is 1.67. The van der Waals surface area contributed by atoms with Crippen LogP contribution in [0.5, 0.6) is 17.2 Å². The van der Waals surface area contributed by atoms with Gasteiger partial charge in [-0.3, -0.25) is 4.72 Å². The Hall–Kier alpha value is -4.51. The van der Waals surface area contributed by atoms with Crippen LogP contribution in [0.25, 0.3) is 10.8 Å². The molecule has 0 atom stereocenters. The van der Waals surface area contributed by atoms with E-state index in [1.807, 2.05) is 83.1 Å². The zero-order valence-electron chi connectivity index (χ0n) is 25.1. The van der Waals surface area contributed by atoms with Crippen LogP contribution < -0.4 is 29.7 Å². The van der Waals surface area contributed by atoms with Gasteiger partial charge in [-0.2, -0.15) is 0 Å². The zero-order valence-corrected chi connectivity index (χ0v) is 25.9. The molecule has 0 saturated heterocycles. The van der Waals surface area contributed by atoms with Gasteiger partial charge in [0.1, 0.15) is 17.3 Å². The number of sulfonamides is 1. The number of methoxy groups -OCH3 is 1. The highest BCUT2D eigenvalue weighted by Crippen LogP contribution is 2.40. The highest BCUT2D eigenvalue weighted by molar-refractivity contribution is 7.92. The molecule has 1 heterocycles. The van der Waals surface area contributed by atoms with E-state index in [1.54, 1.807) is 24.4 Å². The Kier molecular flexibility index (Phi) is 8.53. The number of carbonyl (C=O) groups excluding carboxylic acids is 1. The molecule has 0 saturated carbocycles. The standard InChI is InChI=1S/C31H37N5O5S/c1-19-26(15-16-32-29(19)36(5)6)41-27-14-13-23(21-11-9-10-12-22(21)27)33-30(37)34-24-17-20(31(2,3)4)18-25(28(24)40-7)35-42(8,38)39/h9-18,35H,1-8H3,(H2,33,34,37). The minimum Gasteiger partial charge on any atom is -0.492 e. The Labute approximate surface area is 247 Å². The first-order valence-corrected chi connectivity index (χ1v) is 15.2. The smallest absolute Gasteiger partial charge is 0.323 e. The maximum absolute atomic E-state index is 13.3. The lowest BCUT2D eigenvalue weighted by Gasteiger charge is -2.24. The quantitative estimate of drug-likeness (QED) is 0.208. The highest BCUT2D eigenvalue weighted by Gasteiger charge is 2.22. The molecule has 4 rings (SSSR count). The van der Waals surface area contributed by atoms with Gasteiger partial charge in [0.2, 0.25) is 10.0 Å². The summed E-state index contributed by atoms with van der Waals surface area (Å²) in [4.78, 5) is 19.7. The van der Waals surface area contributed by atoms with Crippen molar-refractivity contribution in [3.8, 4) is 17.2 Å². The fourth-order valence-electron chi connectivity index (χ4n) is 4.58. The lowest BCUT2D eigenvalue weighted by molar-refractivity contribution is 0.262. The fraction of sp³-hybridized carbons (Fsp3) is 0.290. The van der Waals surface area contributed by atoms with Gasteiger partial charge in [-0.15, -0.1) is 0 Å². The van der Waals surface area contributed by atoms with Crippen molar-refractivity contribution in [2.45, 2.75) is 33.1 Å². The summed E-state index contributed by atoms with van der Waals surface area (Å²) in [5.74, 6) is 2.32. The largest absolute Gasteiger partial charge is 0.492 e. The fourth-order valence-corrected chi connectivity index (χ4v) is 5.13. The van der Waals surface area contributed by atoms with Crippen molar-refractivity contribution in [2.24, 2.45) is 0 Å². The molecule has 0 aliphatic rings. The molecule has 222 valence electrons. The van der Waals surface area contributed by atoms with Gasteiger partial charge < -0.3 is 25.0 Å². The Morgan fingerprint density at radius 3 is 2.17 bits per heavy atom. The molecular weight excluding hydrogens is 554 g/mol. The lowest BCUT2D eigenvalue weighted by atomic mass is 9.86. The molecule has 0 radical (unpaired) electrons. The molecule has 2 amide bonds. The van der Waals surface area contributed by atoms with Gasteiger partial charge in [0.25, 0.3) is 0 Å². The molecule has 11 heteroatoms. The van der Waals surface area contributed by atoms with Crippen molar-refractivity contribution in [1.82, 2.24) is 4.98 Å². The summed E-state index contributed by atoms with van der Waals surface area (Å²) < 4.78 is 38.5. The molecule has 3 aromatic carbocycles. The molecular formula is C31H37N5O5S. The summed E-state index contributed by atoms with van der Waals surface area (Å²) >= 11 is 0. The molecule has 1 aromatic heterocycles. The number of hydrogen-bond donors (Lipinski definition) is 3. The van der Waals surface area contributed by atoms with Gasteiger partial charge in [-0.1, -0.05) is 45.0 Å². The van der Waals surface area contributed by atoms with Crippen LogP contribution in [0.2, 0.25) is 0 Å². The topological polar surface area (TPSA) is 122 Å². The van der Waals surface area contributed by atoms with Crippen LogP contribution in [-0.4, -0.2) is 46.9 Å². The molecule has 0 bridgehead atoms. The van der Waals surface area contributed by atoms with Crippen molar-refractivity contribution >= 4 is 49.7 Å². The molecule has 10 nitrogen and oxygen atoms in total. The number of nitrogens with one attached hydrogen (secondary N) is 3. The second-order valence-electron chi connectivity index (χ2n) is 11.2. The summed E-state index contributed by atoms with van der Waals surface area (Å²) in [6, 6.07) is 16.0. The normalized spacial score (nSPS) is 11.6. The molecule has 0 unspecified atom stereocenters.